The van der Waals surface area contributed by atoms with Gasteiger partial charge in [-0.15, -0.1) is 0 Å². The van der Waals surface area contributed by atoms with E-state index in [0.717, 1.165) is 26.1 Å². The first-order chi connectivity index (χ1) is 10.8. The minimum Gasteiger partial charge on any atom is -0.349 e. The molecule has 5 heteroatoms. The minimum atomic E-state index is 0.239. The number of hydrogen-bond donors (Lipinski definition) is 0. The molecule has 1 aliphatic heterocycles. The van der Waals surface area contributed by atoms with Gasteiger partial charge in [0.25, 0.3) is 0 Å². The maximum absolute atomic E-state index is 11.7. The smallest absolute Gasteiger partial charge is 0.222 e. The molecule has 1 amide bonds. The second kappa shape index (κ2) is 10.3. The number of piperazine rings is 1. The van der Waals surface area contributed by atoms with Gasteiger partial charge in [0, 0.05) is 65.8 Å². The van der Waals surface area contributed by atoms with Crippen molar-refractivity contribution in [3.05, 3.63) is 0 Å². The molecular formula is C18H38N4O. The highest BCUT2D eigenvalue weighted by Gasteiger charge is 2.18. The first-order valence-corrected chi connectivity index (χ1v) is 9.14. The lowest BCUT2D eigenvalue weighted by atomic mass is 10.0. The van der Waals surface area contributed by atoms with Crippen molar-refractivity contribution in [1.29, 1.82) is 0 Å². The molecular weight excluding hydrogens is 288 g/mol. The van der Waals surface area contributed by atoms with Crippen LogP contribution in [0.4, 0.5) is 0 Å². The van der Waals surface area contributed by atoms with Crippen LogP contribution in [0, 0.1) is 5.92 Å². The van der Waals surface area contributed by atoms with E-state index >= 15 is 0 Å². The highest BCUT2D eigenvalue weighted by molar-refractivity contribution is 5.75. The quantitative estimate of drug-likeness (QED) is 0.641. The van der Waals surface area contributed by atoms with Crippen LogP contribution in [-0.2, 0) is 4.79 Å². The zero-order valence-electron chi connectivity index (χ0n) is 16.2. The predicted molar refractivity (Wildman–Crippen MR) is 97.7 cm³/mol. The van der Waals surface area contributed by atoms with Gasteiger partial charge >= 0.3 is 0 Å². The van der Waals surface area contributed by atoms with E-state index in [9.17, 15) is 4.79 Å². The summed E-state index contributed by atoms with van der Waals surface area (Å²) in [5, 5.41) is 0. The fourth-order valence-electron chi connectivity index (χ4n) is 2.95. The lowest BCUT2D eigenvalue weighted by molar-refractivity contribution is -0.129. The molecule has 0 aromatic carbocycles. The first-order valence-electron chi connectivity index (χ1n) is 9.14. The fraction of sp³-hybridized carbons (Fsp3) is 0.944. The van der Waals surface area contributed by atoms with Crippen LogP contribution in [0.5, 0.6) is 0 Å². The van der Waals surface area contributed by atoms with Crippen LogP contribution in [0.25, 0.3) is 0 Å². The molecule has 1 aliphatic rings. The van der Waals surface area contributed by atoms with Gasteiger partial charge in [-0.25, -0.2) is 0 Å². The lowest BCUT2D eigenvalue weighted by Crippen LogP contribution is -2.50. The van der Waals surface area contributed by atoms with Crippen LogP contribution >= 0.6 is 0 Å². The predicted octanol–water partition coefficient (Wildman–Crippen LogP) is 1.45. The van der Waals surface area contributed by atoms with Gasteiger partial charge in [0.15, 0.2) is 0 Å². The zero-order chi connectivity index (χ0) is 17.4. The first kappa shape index (κ1) is 20.4. The molecule has 1 unspecified atom stereocenters. The standard InChI is InChI=1S/C18H38N4O/c1-16(2)22-13-11-21(12-14-22)10-9-20(6)8-7-17(3)15-18(23)19(4)5/h16-17H,7-15H2,1-6H3. The van der Waals surface area contributed by atoms with E-state index in [1.54, 1.807) is 4.90 Å². The Balaban J connectivity index is 2.13. The number of hydrogen-bond acceptors (Lipinski definition) is 4. The number of rotatable bonds is 9. The highest BCUT2D eigenvalue weighted by Crippen LogP contribution is 2.10. The molecule has 0 spiro atoms. The molecule has 0 bridgehead atoms. The average molecular weight is 327 g/mol. The van der Waals surface area contributed by atoms with Gasteiger partial charge in [0.2, 0.25) is 5.91 Å². The zero-order valence-corrected chi connectivity index (χ0v) is 16.2. The summed E-state index contributed by atoms with van der Waals surface area (Å²) in [6, 6.07) is 0.672. The Morgan fingerprint density at radius 3 is 2.13 bits per heavy atom. The summed E-state index contributed by atoms with van der Waals surface area (Å²) in [5.74, 6) is 0.699. The van der Waals surface area contributed by atoms with Crippen molar-refractivity contribution in [2.45, 2.75) is 39.7 Å². The summed E-state index contributed by atoms with van der Waals surface area (Å²) < 4.78 is 0. The van der Waals surface area contributed by atoms with E-state index in [0.29, 0.717) is 18.4 Å². The molecule has 1 heterocycles. The van der Waals surface area contributed by atoms with Gasteiger partial charge in [0.1, 0.15) is 0 Å². The Morgan fingerprint density at radius 2 is 1.61 bits per heavy atom. The van der Waals surface area contributed by atoms with E-state index in [4.69, 9.17) is 0 Å². The molecule has 5 nitrogen and oxygen atoms in total. The van der Waals surface area contributed by atoms with Crippen molar-refractivity contribution in [1.82, 2.24) is 19.6 Å². The second-order valence-electron chi connectivity index (χ2n) is 7.66. The van der Waals surface area contributed by atoms with Crippen LogP contribution in [0.3, 0.4) is 0 Å². The molecule has 0 radical (unpaired) electrons. The summed E-state index contributed by atoms with van der Waals surface area (Å²) >= 11 is 0. The van der Waals surface area contributed by atoms with Crippen LogP contribution < -0.4 is 0 Å². The fourth-order valence-corrected chi connectivity index (χ4v) is 2.95. The summed E-state index contributed by atoms with van der Waals surface area (Å²) in [6.45, 7) is 14.9. The van der Waals surface area contributed by atoms with Crippen LogP contribution in [-0.4, -0.2) is 98.5 Å². The van der Waals surface area contributed by atoms with Gasteiger partial charge < -0.3 is 9.80 Å². The van der Waals surface area contributed by atoms with Gasteiger partial charge in [-0.1, -0.05) is 6.92 Å². The van der Waals surface area contributed by atoms with Crippen LogP contribution in [0.1, 0.15) is 33.6 Å². The van der Waals surface area contributed by atoms with E-state index in [1.165, 1.54) is 26.2 Å². The molecule has 136 valence electrons. The molecule has 0 saturated carbocycles. The van der Waals surface area contributed by atoms with Gasteiger partial charge in [-0.05, 0) is 39.8 Å². The second-order valence-corrected chi connectivity index (χ2v) is 7.66. The molecule has 0 aliphatic carbocycles. The van der Waals surface area contributed by atoms with E-state index < -0.39 is 0 Å². The average Bonchev–Trinajstić information content (AvgIpc) is 2.51. The van der Waals surface area contributed by atoms with Gasteiger partial charge in [-0.3, -0.25) is 14.6 Å². The highest BCUT2D eigenvalue weighted by atomic mass is 16.2. The van der Waals surface area contributed by atoms with Gasteiger partial charge in [-0.2, -0.15) is 0 Å². The number of carbonyl (C=O) groups is 1. The summed E-state index contributed by atoms with van der Waals surface area (Å²) in [6.07, 6.45) is 1.76. The molecule has 23 heavy (non-hydrogen) atoms. The lowest BCUT2D eigenvalue weighted by Gasteiger charge is -2.37. The SMILES string of the molecule is CC(CCN(C)CCN1CCN(C(C)C)CC1)CC(=O)N(C)C. The van der Waals surface area contributed by atoms with Crippen molar-refractivity contribution in [3.8, 4) is 0 Å². The Labute approximate surface area is 143 Å². The monoisotopic (exact) mass is 326 g/mol. The maximum Gasteiger partial charge on any atom is 0.222 e. The van der Waals surface area contributed by atoms with E-state index in [2.05, 4.69) is 42.5 Å². The normalized spacial score (nSPS) is 18.6. The summed E-state index contributed by atoms with van der Waals surface area (Å²) in [7, 11) is 5.87. The summed E-state index contributed by atoms with van der Waals surface area (Å²) in [4.78, 5) is 20.9. The number of likely N-dealkylation sites (N-methyl/N-ethyl adjacent to an activating group) is 1. The molecule has 0 aromatic heterocycles. The Kier molecular flexibility index (Phi) is 9.10. The molecule has 1 rings (SSSR count). The Morgan fingerprint density at radius 1 is 1.00 bits per heavy atom. The third kappa shape index (κ3) is 8.13. The molecule has 1 atom stereocenters. The molecule has 0 aromatic rings. The third-order valence-corrected chi connectivity index (χ3v) is 4.96. The number of amides is 1. The van der Waals surface area contributed by atoms with Crippen molar-refractivity contribution in [2.24, 2.45) is 5.92 Å². The molecule has 0 N–H and O–H groups in total. The number of carbonyl (C=O) groups excluding carboxylic acids is 1. The van der Waals surface area contributed by atoms with Crippen molar-refractivity contribution in [3.63, 3.8) is 0 Å². The minimum absolute atomic E-state index is 0.239. The van der Waals surface area contributed by atoms with Crippen LogP contribution in [0.15, 0.2) is 0 Å². The largest absolute Gasteiger partial charge is 0.349 e. The van der Waals surface area contributed by atoms with Crippen molar-refractivity contribution >= 4 is 5.91 Å². The topological polar surface area (TPSA) is 30.0 Å². The van der Waals surface area contributed by atoms with Crippen molar-refractivity contribution in [2.75, 3.05) is 67.0 Å². The van der Waals surface area contributed by atoms with E-state index in [1.807, 2.05) is 14.1 Å². The molecule has 1 fully saturated rings. The van der Waals surface area contributed by atoms with E-state index in [-0.39, 0.29) is 5.91 Å². The Hall–Kier alpha value is -0.650. The van der Waals surface area contributed by atoms with Gasteiger partial charge in [0.05, 0.1) is 0 Å². The Bertz CT molecular complexity index is 338. The van der Waals surface area contributed by atoms with Crippen molar-refractivity contribution < 1.29 is 4.79 Å². The van der Waals surface area contributed by atoms with Crippen LogP contribution in [0.2, 0.25) is 0 Å². The summed E-state index contributed by atoms with van der Waals surface area (Å²) in [5.41, 5.74) is 0. The maximum atomic E-state index is 11.7. The third-order valence-electron chi connectivity index (χ3n) is 4.96. The number of nitrogens with zero attached hydrogens (tertiary/aromatic N) is 4. The molecule has 1 saturated heterocycles.